The van der Waals surface area contributed by atoms with Gasteiger partial charge < -0.3 is 20.9 Å². The summed E-state index contributed by atoms with van der Waals surface area (Å²) < 4.78 is 0. The molecular weight excluding hydrogens is 250 g/mol. The van der Waals surface area contributed by atoms with Crippen molar-refractivity contribution in [2.45, 2.75) is 24.9 Å². The maximum absolute atomic E-state index is 6.02. The van der Waals surface area contributed by atoms with Crippen LogP contribution < -0.4 is 11.1 Å². The van der Waals surface area contributed by atoms with E-state index in [1.165, 1.54) is 0 Å². The molecule has 2 heterocycles. The molecule has 1 aromatic rings. The zero-order valence-electron chi connectivity index (χ0n) is 12.8. The van der Waals surface area contributed by atoms with Gasteiger partial charge in [0.1, 0.15) is 0 Å². The Bertz CT molecular complexity index is 422. The third-order valence-corrected chi connectivity index (χ3v) is 4.35. The van der Waals surface area contributed by atoms with Gasteiger partial charge in [-0.1, -0.05) is 0 Å². The molecule has 0 spiro atoms. The largest absolute Gasteiger partial charge is 0.398 e. The maximum Gasteiger partial charge on any atom is 0.0378 e. The number of pyridine rings is 1. The number of anilines is 1. The van der Waals surface area contributed by atoms with Gasteiger partial charge in [0.15, 0.2) is 0 Å². The molecule has 5 heteroatoms. The molecule has 1 aliphatic rings. The van der Waals surface area contributed by atoms with Crippen LogP contribution in [0.2, 0.25) is 0 Å². The summed E-state index contributed by atoms with van der Waals surface area (Å²) in [5.74, 6) is 0. The summed E-state index contributed by atoms with van der Waals surface area (Å²) in [5, 5.41) is 3.43. The van der Waals surface area contributed by atoms with Crippen LogP contribution in [0.5, 0.6) is 0 Å². The molecule has 2 unspecified atom stereocenters. The highest BCUT2D eigenvalue weighted by Crippen LogP contribution is 2.17. The Hall–Kier alpha value is -1.17. The van der Waals surface area contributed by atoms with E-state index in [4.69, 9.17) is 5.73 Å². The van der Waals surface area contributed by atoms with Crippen LogP contribution in [0.15, 0.2) is 18.5 Å². The van der Waals surface area contributed by atoms with Crippen LogP contribution in [0.3, 0.4) is 0 Å². The number of rotatable bonds is 5. The number of piperazine rings is 1. The minimum Gasteiger partial charge on any atom is -0.398 e. The monoisotopic (exact) mass is 277 g/mol. The van der Waals surface area contributed by atoms with E-state index in [9.17, 15) is 0 Å². The molecule has 1 aliphatic heterocycles. The van der Waals surface area contributed by atoms with Gasteiger partial charge >= 0.3 is 0 Å². The molecule has 5 nitrogen and oxygen atoms in total. The third-order valence-electron chi connectivity index (χ3n) is 4.35. The van der Waals surface area contributed by atoms with Crippen LogP contribution in [-0.2, 0) is 6.42 Å². The quantitative estimate of drug-likeness (QED) is 0.817. The Morgan fingerprint density at radius 3 is 2.95 bits per heavy atom. The van der Waals surface area contributed by atoms with Crippen LogP contribution in [0.4, 0.5) is 5.69 Å². The zero-order chi connectivity index (χ0) is 14.5. The van der Waals surface area contributed by atoms with Gasteiger partial charge in [-0.3, -0.25) is 4.98 Å². The standard InChI is InChI=1S/C15H27N5/c1-17-13(8-12-10-18-5-4-15(12)16)9-14-11-19(2)6-7-20(14)3/h4-5,10,13-14,17H,6-9,11H2,1-3H3,(H2,16,18). The molecular formula is C15H27N5. The van der Waals surface area contributed by atoms with Crippen molar-refractivity contribution < 1.29 is 0 Å². The van der Waals surface area contributed by atoms with E-state index < -0.39 is 0 Å². The first-order valence-corrected chi connectivity index (χ1v) is 7.34. The molecule has 0 bridgehead atoms. The van der Waals surface area contributed by atoms with E-state index in [0.717, 1.165) is 43.7 Å². The van der Waals surface area contributed by atoms with Crippen LogP contribution in [0.25, 0.3) is 0 Å². The number of nitrogens with one attached hydrogen (secondary N) is 1. The minimum absolute atomic E-state index is 0.431. The lowest BCUT2D eigenvalue weighted by atomic mass is 9.97. The Labute approximate surface area is 122 Å². The van der Waals surface area contributed by atoms with E-state index in [2.05, 4.69) is 34.2 Å². The topological polar surface area (TPSA) is 57.4 Å². The van der Waals surface area contributed by atoms with Gasteiger partial charge in [-0.15, -0.1) is 0 Å². The lowest BCUT2D eigenvalue weighted by molar-refractivity contribution is 0.102. The first kappa shape index (κ1) is 15.2. The van der Waals surface area contributed by atoms with Crippen LogP contribution >= 0.6 is 0 Å². The van der Waals surface area contributed by atoms with E-state index in [1.807, 2.05) is 19.3 Å². The molecule has 2 atom stereocenters. The number of nitrogens with two attached hydrogens (primary N) is 1. The molecule has 0 amide bonds. The molecule has 0 saturated carbocycles. The number of nitrogens with zero attached hydrogens (tertiary/aromatic N) is 3. The Morgan fingerprint density at radius 2 is 2.25 bits per heavy atom. The molecule has 0 radical (unpaired) electrons. The van der Waals surface area contributed by atoms with Crippen molar-refractivity contribution in [2.75, 3.05) is 46.5 Å². The van der Waals surface area contributed by atoms with Crippen LogP contribution in [0, 0.1) is 0 Å². The number of aromatic nitrogens is 1. The van der Waals surface area contributed by atoms with Gasteiger partial charge in [-0.25, -0.2) is 0 Å². The highest BCUT2D eigenvalue weighted by Gasteiger charge is 2.25. The minimum atomic E-state index is 0.431. The van der Waals surface area contributed by atoms with Crippen molar-refractivity contribution in [3.05, 3.63) is 24.0 Å². The number of hydrogen-bond acceptors (Lipinski definition) is 5. The number of hydrogen-bond donors (Lipinski definition) is 2. The van der Waals surface area contributed by atoms with Gasteiger partial charge in [0.2, 0.25) is 0 Å². The summed E-state index contributed by atoms with van der Waals surface area (Å²) in [5.41, 5.74) is 8.00. The van der Waals surface area contributed by atoms with Gasteiger partial charge in [-0.05, 0) is 45.6 Å². The Balaban J connectivity index is 1.96. The van der Waals surface area contributed by atoms with Gasteiger partial charge in [0, 0.05) is 49.8 Å². The molecule has 0 aromatic carbocycles. The van der Waals surface area contributed by atoms with E-state index in [1.54, 1.807) is 6.20 Å². The lowest BCUT2D eigenvalue weighted by Gasteiger charge is -2.39. The van der Waals surface area contributed by atoms with Crippen molar-refractivity contribution in [2.24, 2.45) is 0 Å². The number of likely N-dealkylation sites (N-methyl/N-ethyl adjacent to an activating group) is 3. The first-order valence-electron chi connectivity index (χ1n) is 7.34. The smallest absolute Gasteiger partial charge is 0.0378 e. The Morgan fingerprint density at radius 1 is 1.45 bits per heavy atom. The van der Waals surface area contributed by atoms with Crippen LogP contribution in [0.1, 0.15) is 12.0 Å². The SMILES string of the molecule is CNC(Cc1cnccc1N)CC1CN(C)CCN1C. The first-order chi connectivity index (χ1) is 9.60. The summed E-state index contributed by atoms with van der Waals surface area (Å²) in [4.78, 5) is 9.06. The Kier molecular flexibility index (Phi) is 5.34. The van der Waals surface area contributed by atoms with E-state index in [0.29, 0.717) is 12.1 Å². The average molecular weight is 277 g/mol. The van der Waals surface area contributed by atoms with Gasteiger partial charge in [-0.2, -0.15) is 0 Å². The van der Waals surface area contributed by atoms with Crippen molar-refractivity contribution in [1.82, 2.24) is 20.1 Å². The highest BCUT2D eigenvalue weighted by atomic mass is 15.3. The molecule has 1 aromatic heterocycles. The fourth-order valence-electron chi connectivity index (χ4n) is 2.86. The van der Waals surface area contributed by atoms with Crippen LogP contribution in [-0.4, -0.2) is 67.6 Å². The van der Waals surface area contributed by atoms with Gasteiger partial charge in [0.25, 0.3) is 0 Å². The second-order valence-electron chi connectivity index (χ2n) is 5.90. The molecule has 0 aliphatic carbocycles. The molecule has 20 heavy (non-hydrogen) atoms. The zero-order valence-corrected chi connectivity index (χ0v) is 12.8. The highest BCUT2D eigenvalue weighted by molar-refractivity contribution is 5.44. The predicted molar refractivity (Wildman–Crippen MR) is 83.7 cm³/mol. The second-order valence-corrected chi connectivity index (χ2v) is 5.90. The number of nitrogen functional groups attached to an aromatic ring is 1. The molecule has 2 rings (SSSR count). The molecule has 1 fully saturated rings. The molecule has 1 saturated heterocycles. The van der Waals surface area contributed by atoms with Crippen molar-refractivity contribution in [1.29, 1.82) is 0 Å². The fraction of sp³-hybridized carbons (Fsp3) is 0.667. The van der Waals surface area contributed by atoms with Crippen molar-refractivity contribution in [3.63, 3.8) is 0 Å². The third kappa shape index (κ3) is 3.91. The molecule has 3 N–H and O–H groups in total. The normalized spacial score (nSPS) is 22.9. The lowest BCUT2D eigenvalue weighted by Crippen LogP contribution is -2.52. The summed E-state index contributed by atoms with van der Waals surface area (Å²) >= 11 is 0. The average Bonchev–Trinajstić information content (AvgIpc) is 2.44. The second kappa shape index (κ2) is 7.02. The summed E-state index contributed by atoms with van der Waals surface area (Å²) in [7, 11) is 6.46. The van der Waals surface area contributed by atoms with E-state index in [-0.39, 0.29) is 0 Å². The maximum atomic E-state index is 6.02. The van der Waals surface area contributed by atoms with E-state index >= 15 is 0 Å². The summed E-state index contributed by atoms with van der Waals surface area (Å²) in [6, 6.07) is 2.91. The summed E-state index contributed by atoms with van der Waals surface area (Å²) in [6.45, 7) is 3.44. The van der Waals surface area contributed by atoms with Crippen molar-refractivity contribution >= 4 is 5.69 Å². The predicted octanol–water partition coefficient (Wildman–Crippen LogP) is 0.430. The van der Waals surface area contributed by atoms with Crippen molar-refractivity contribution in [3.8, 4) is 0 Å². The summed E-state index contributed by atoms with van der Waals surface area (Å²) in [6.07, 6.45) is 5.70. The fourth-order valence-corrected chi connectivity index (χ4v) is 2.86. The molecule has 112 valence electrons. The van der Waals surface area contributed by atoms with Gasteiger partial charge in [0.05, 0.1) is 0 Å².